The van der Waals surface area contributed by atoms with Crippen LogP contribution in [-0.2, 0) is 5.41 Å². The number of carbonyl (C=O) groups excluding carboxylic acids is 1. The van der Waals surface area contributed by atoms with Crippen LogP contribution in [0.15, 0.2) is 54.6 Å². The van der Waals surface area contributed by atoms with Crippen molar-refractivity contribution in [2.24, 2.45) is 5.92 Å². The van der Waals surface area contributed by atoms with Crippen molar-refractivity contribution in [2.45, 2.75) is 37.8 Å². The van der Waals surface area contributed by atoms with Crippen LogP contribution in [-0.4, -0.2) is 43.5 Å². The van der Waals surface area contributed by atoms with E-state index in [2.05, 4.69) is 71.8 Å². The third-order valence-corrected chi connectivity index (χ3v) is 7.00. The Bertz CT molecular complexity index is 837. The molecule has 2 aromatic carbocycles. The van der Waals surface area contributed by atoms with Gasteiger partial charge in [0.1, 0.15) is 0 Å². The van der Waals surface area contributed by atoms with E-state index in [0.29, 0.717) is 18.0 Å². The van der Waals surface area contributed by atoms with Gasteiger partial charge < -0.3 is 10.6 Å². The lowest BCUT2D eigenvalue weighted by atomic mass is 9.65. The first-order valence-corrected chi connectivity index (χ1v) is 10.4. The average molecular weight is 378 g/mol. The predicted molar refractivity (Wildman–Crippen MR) is 114 cm³/mol. The number of nitrogens with zero attached hydrogens (tertiary/aromatic N) is 1. The van der Waals surface area contributed by atoms with Crippen molar-refractivity contribution in [1.29, 1.82) is 0 Å². The fourth-order valence-corrected chi connectivity index (χ4v) is 5.00. The van der Waals surface area contributed by atoms with Crippen molar-refractivity contribution in [3.05, 3.63) is 71.3 Å². The number of hydrogen-bond acceptors (Lipinski definition) is 3. The van der Waals surface area contributed by atoms with Crippen LogP contribution >= 0.6 is 0 Å². The number of carbonyl (C=O) groups is 1. The molecule has 0 bridgehead atoms. The van der Waals surface area contributed by atoms with Crippen LogP contribution in [0.25, 0.3) is 0 Å². The molecule has 2 aliphatic rings. The highest BCUT2D eigenvalue weighted by Gasteiger charge is 2.44. The molecule has 4 rings (SSSR count). The van der Waals surface area contributed by atoms with E-state index in [1.807, 2.05) is 12.1 Å². The molecule has 3 unspecified atom stereocenters. The Labute approximate surface area is 168 Å². The van der Waals surface area contributed by atoms with Gasteiger partial charge in [0.2, 0.25) is 0 Å². The zero-order valence-corrected chi connectivity index (χ0v) is 17.1. The van der Waals surface area contributed by atoms with Crippen molar-refractivity contribution >= 4 is 5.91 Å². The molecule has 0 radical (unpaired) electrons. The highest BCUT2D eigenvalue weighted by molar-refractivity contribution is 5.94. The predicted octanol–water partition coefficient (Wildman–Crippen LogP) is 3.36. The molecule has 4 nitrogen and oxygen atoms in total. The van der Waals surface area contributed by atoms with Gasteiger partial charge in [-0.3, -0.25) is 9.69 Å². The van der Waals surface area contributed by atoms with Crippen molar-refractivity contribution in [1.82, 2.24) is 15.5 Å². The van der Waals surface area contributed by atoms with Crippen molar-refractivity contribution < 1.29 is 4.79 Å². The fourth-order valence-electron chi connectivity index (χ4n) is 5.00. The monoisotopic (exact) mass is 377 g/mol. The molecule has 0 aromatic heterocycles. The van der Waals surface area contributed by atoms with Crippen molar-refractivity contribution in [3.63, 3.8) is 0 Å². The van der Waals surface area contributed by atoms with E-state index >= 15 is 0 Å². The minimum absolute atomic E-state index is 0.0134. The summed E-state index contributed by atoms with van der Waals surface area (Å²) >= 11 is 0. The Morgan fingerprint density at radius 2 is 1.93 bits per heavy atom. The zero-order valence-electron chi connectivity index (χ0n) is 17.1. The van der Waals surface area contributed by atoms with Gasteiger partial charge in [0.05, 0.1) is 0 Å². The van der Waals surface area contributed by atoms with Crippen LogP contribution in [0.3, 0.4) is 0 Å². The Morgan fingerprint density at radius 3 is 2.68 bits per heavy atom. The summed E-state index contributed by atoms with van der Waals surface area (Å²) in [6, 6.07) is 19.9. The second kappa shape index (κ2) is 7.69. The number of hydrogen-bond donors (Lipinski definition) is 2. The second-order valence-electron chi connectivity index (χ2n) is 8.66. The lowest BCUT2D eigenvalue weighted by Crippen LogP contribution is -2.60. The van der Waals surface area contributed by atoms with Crippen LogP contribution in [0.5, 0.6) is 0 Å². The summed E-state index contributed by atoms with van der Waals surface area (Å²) in [6.07, 6.45) is 1.11. The standard InChI is InChI=1S/C24H31N3O/c1-17-15-27-16-22(18-8-5-4-6-9-18)26-14-21(27)13-24(17,2)20-11-7-10-19(12-20)23(28)25-3/h4-12,17,21-22,26H,13-16H2,1-3H3,(H,25,28)/t17?,21?,22?,24-/m1/s1. The molecule has 2 N–H and O–H groups in total. The van der Waals surface area contributed by atoms with Crippen LogP contribution in [0, 0.1) is 5.92 Å². The third-order valence-electron chi connectivity index (χ3n) is 7.00. The molecule has 0 spiro atoms. The highest BCUT2D eigenvalue weighted by atomic mass is 16.1. The average Bonchev–Trinajstić information content (AvgIpc) is 2.74. The maximum atomic E-state index is 12.1. The minimum Gasteiger partial charge on any atom is -0.355 e. The highest BCUT2D eigenvalue weighted by Crippen LogP contribution is 2.43. The summed E-state index contributed by atoms with van der Waals surface area (Å²) in [5, 5.41) is 6.52. The van der Waals surface area contributed by atoms with E-state index < -0.39 is 0 Å². The van der Waals surface area contributed by atoms with Crippen LogP contribution in [0.1, 0.15) is 47.8 Å². The number of piperidine rings is 1. The maximum absolute atomic E-state index is 12.1. The van der Waals surface area contributed by atoms with E-state index in [0.717, 1.165) is 31.6 Å². The van der Waals surface area contributed by atoms with E-state index in [-0.39, 0.29) is 11.3 Å². The van der Waals surface area contributed by atoms with Crippen molar-refractivity contribution in [2.75, 3.05) is 26.7 Å². The Balaban J connectivity index is 1.53. The SMILES string of the molecule is CNC(=O)c1cccc([C@]2(C)CC3CNC(c4ccccc4)CN3CC2C)c1. The number of piperazine rings is 1. The first-order chi connectivity index (χ1) is 13.5. The summed E-state index contributed by atoms with van der Waals surface area (Å²) < 4.78 is 0. The third kappa shape index (κ3) is 3.47. The molecule has 28 heavy (non-hydrogen) atoms. The van der Waals surface area contributed by atoms with Gasteiger partial charge in [-0.2, -0.15) is 0 Å². The van der Waals surface area contributed by atoms with E-state index in [1.165, 1.54) is 11.1 Å². The molecule has 1 amide bonds. The molecule has 2 heterocycles. The van der Waals surface area contributed by atoms with E-state index in [4.69, 9.17) is 0 Å². The number of rotatable bonds is 3. The molecular formula is C24H31N3O. The van der Waals surface area contributed by atoms with E-state index in [1.54, 1.807) is 7.05 Å². The van der Waals surface area contributed by atoms with Crippen LogP contribution < -0.4 is 10.6 Å². The summed E-state index contributed by atoms with van der Waals surface area (Å²) in [4.78, 5) is 14.8. The molecule has 2 fully saturated rings. The fraction of sp³-hybridized carbons (Fsp3) is 0.458. The van der Waals surface area contributed by atoms with Gasteiger partial charge in [0, 0.05) is 44.3 Å². The van der Waals surface area contributed by atoms with Gasteiger partial charge in [-0.05, 0) is 41.0 Å². The summed E-state index contributed by atoms with van der Waals surface area (Å²) in [5.41, 5.74) is 3.49. The molecule has 0 aliphatic carbocycles. The Kier molecular flexibility index (Phi) is 5.26. The van der Waals surface area contributed by atoms with Gasteiger partial charge in [-0.25, -0.2) is 0 Å². The molecule has 4 heteroatoms. The minimum atomic E-state index is -0.0134. The quantitative estimate of drug-likeness (QED) is 0.862. The molecule has 0 saturated carbocycles. The maximum Gasteiger partial charge on any atom is 0.251 e. The molecule has 2 aliphatic heterocycles. The summed E-state index contributed by atoms with van der Waals surface area (Å²) in [6.45, 7) is 7.91. The Hall–Kier alpha value is -2.17. The lowest BCUT2D eigenvalue weighted by molar-refractivity contribution is 0.0242. The second-order valence-corrected chi connectivity index (χ2v) is 8.66. The van der Waals surface area contributed by atoms with E-state index in [9.17, 15) is 4.79 Å². The number of fused-ring (bicyclic) bond motifs is 1. The lowest BCUT2D eigenvalue weighted by Gasteiger charge is -2.53. The largest absolute Gasteiger partial charge is 0.355 e. The summed E-state index contributed by atoms with van der Waals surface area (Å²) in [5.74, 6) is 0.513. The van der Waals surface area contributed by atoms with Gasteiger partial charge in [-0.1, -0.05) is 56.3 Å². The smallest absolute Gasteiger partial charge is 0.251 e. The van der Waals surface area contributed by atoms with Gasteiger partial charge >= 0.3 is 0 Å². The van der Waals surface area contributed by atoms with Crippen molar-refractivity contribution in [3.8, 4) is 0 Å². The van der Waals surface area contributed by atoms with Crippen LogP contribution in [0.2, 0.25) is 0 Å². The van der Waals surface area contributed by atoms with Gasteiger partial charge in [-0.15, -0.1) is 0 Å². The molecular weight excluding hydrogens is 346 g/mol. The topological polar surface area (TPSA) is 44.4 Å². The van der Waals surface area contributed by atoms with Gasteiger partial charge in [0.15, 0.2) is 0 Å². The van der Waals surface area contributed by atoms with Gasteiger partial charge in [0.25, 0.3) is 5.91 Å². The molecule has 148 valence electrons. The zero-order chi connectivity index (χ0) is 19.7. The summed E-state index contributed by atoms with van der Waals surface area (Å²) in [7, 11) is 1.69. The molecule has 4 atom stereocenters. The first kappa shape index (κ1) is 19.2. The number of amides is 1. The molecule has 2 aromatic rings. The van der Waals surface area contributed by atoms with Crippen LogP contribution in [0.4, 0.5) is 0 Å². The molecule has 2 saturated heterocycles. The number of benzene rings is 2. The Morgan fingerprint density at radius 1 is 1.14 bits per heavy atom. The number of nitrogens with one attached hydrogen (secondary N) is 2. The normalized spacial score (nSPS) is 30.5. The first-order valence-electron chi connectivity index (χ1n) is 10.4.